The molecule has 26 heavy (non-hydrogen) atoms. The van der Waals surface area contributed by atoms with Crippen LogP contribution >= 0.6 is 35.3 Å². The molecule has 3 heterocycles. The molecule has 0 aliphatic carbocycles. The fraction of sp³-hybridized carbons (Fsp3) is 0.588. The zero-order valence-electron chi connectivity index (χ0n) is 15.3. The summed E-state index contributed by atoms with van der Waals surface area (Å²) in [5.74, 6) is 0.981. The highest BCUT2D eigenvalue weighted by Crippen LogP contribution is 2.12. The van der Waals surface area contributed by atoms with Crippen LogP contribution in [0.3, 0.4) is 0 Å². The molecule has 0 atom stereocenters. The van der Waals surface area contributed by atoms with E-state index in [1.165, 1.54) is 5.01 Å². The first-order valence-corrected chi connectivity index (χ1v) is 9.74. The van der Waals surface area contributed by atoms with Gasteiger partial charge in [-0.3, -0.25) is 4.90 Å². The van der Waals surface area contributed by atoms with E-state index in [-0.39, 0.29) is 24.0 Å². The molecule has 0 radical (unpaired) electrons. The second kappa shape index (κ2) is 10.8. The van der Waals surface area contributed by atoms with E-state index < -0.39 is 0 Å². The molecule has 1 aliphatic rings. The number of hydrogen-bond donors (Lipinski definition) is 1. The summed E-state index contributed by atoms with van der Waals surface area (Å²) in [6.45, 7) is 10.5. The predicted molar refractivity (Wildman–Crippen MR) is 115 cm³/mol. The van der Waals surface area contributed by atoms with Crippen LogP contribution in [-0.4, -0.2) is 58.6 Å². The third kappa shape index (κ3) is 5.92. The van der Waals surface area contributed by atoms with E-state index in [9.17, 15) is 0 Å². The average molecular weight is 490 g/mol. The van der Waals surface area contributed by atoms with Crippen LogP contribution in [0.2, 0.25) is 0 Å². The maximum absolute atomic E-state index is 4.91. The van der Waals surface area contributed by atoms with E-state index in [0.717, 1.165) is 63.0 Å². The monoisotopic (exact) mass is 490 g/mol. The predicted octanol–water partition coefficient (Wildman–Crippen LogP) is 2.59. The van der Waals surface area contributed by atoms with E-state index in [4.69, 9.17) is 9.52 Å². The van der Waals surface area contributed by atoms with Crippen LogP contribution in [0.25, 0.3) is 0 Å². The zero-order valence-corrected chi connectivity index (χ0v) is 18.5. The van der Waals surface area contributed by atoms with Crippen LogP contribution < -0.4 is 5.32 Å². The highest BCUT2D eigenvalue weighted by Gasteiger charge is 2.20. The van der Waals surface area contributed by atoms with Crippen molar-refractivity contribution in [2.75, 3.05) is 32.7 Å². The minimum atomic E-state index is 0. The molecule has 3 rings (SSSR count). The molecule has 1 saturated heterocycles. The summed E-state index contributed by atoms with van der Waals surface area (Å²) in [5.41, 5.74) is 2.05. The molecule has 0 amide bonds. The van der Waals surface area contributed by atoms with Crippen molar-refractivity contribution in [1.82, 2.24) is 25.3 Å². The largest absolute Gasteiger partial charge is 0.364 e. The molecule has 144 valence electrons. The zero-order chi connectivity index (χ0) is 17.5. The van der Waals surface area contributed by atoms with Crippen LogP contribution in [0.5, 0.6) is 0 Å². The maximum atomic E-state index is 4.91. The Bertz CT molecular complexity index is 667. The number of halogens is 1. The summed E-state index contributed by atoms with van der Waals surface area (Å²) >= 11 is 1.72. The number of aromatic nitrogens is 2. The number of aryl methyl sites for hydroxylation is 1. The Hall–Kier alpha value is -1.20. The van der Waals surface area contributed by atoms with Gasteiger partial charge in [-0.05, 0) is 13.3 Å². The van der Waals surface area contributed by atoms with Crippen LogP contribution in [0.1, 0.15) is 30.2 Å². The molecule has 0 aromatic carbocycles. The lowest BCUT2D eigenvalue weighted by molar-refractivity contribution is 0.169. The van der Waals surface area contributed by atoms with Crippen molar-refractivity contribution in [3.63, 3.8) is 0 Å². The molecule has 1 N–H and O–H groups in total. The van der Waals surface area contributed by atoms with Gasteiger partial charge >= 0.3 is 0 Å². The molecule has 2 aromatic heterocycles. The van der Waals surface area contributed by atoms with Gasteiger partial charge in [-0.2, -0.15) is 0 Å². The van der Waals surface area contributed by atoms with Gasteiger partial charge in [0.15, 0.2) is 5.96 Å². The topological polar surface area (TPSA) is 69.8 Å². The minimum Gasteiger partial charge on any atom is -0.364 e. The Labute approximate surface area is 175 Å². The number of aliphatic imine (C=N–C) groups is 1. The lowest BCUT2D eigenvalue weighted by atomic mass is 10.3. The van der Waals surface area contributed by atoms with E-state index in [0.29, 0.717) is 6.54 Å². The molecule has 9 heteroatoms. The Morgan fingerprint density at radius 2 is 2.08 bits per heavy atom. The van der Waals surface area contributed by atoms with Crippen molar-refractivity contribution in [3.05, 3.63) is 34.1 Å². The van der Waals surface area contributed by atoms with Crippen LogP contribution in [0, 0.1) is 0 Å². The van der Waals surface area contributed by atoms with Gasteiger partial charge in [-0.1, -0.05) is 12.1 Å². The van der Waals surface area contributed by atoms with Crippen molar-refractivity contribution in [2.45, 2.75) is 33.4 Å². The molecule has 0 bridgehead atoms. The van der Waals surface area contributed by atoms with Gasteiger partial charge in [-0.25, -0.2) is 9.98 Å². The van der Waals surface area contributed by atoms with Crippen molar-refractivity contribution in [3.8, 4) is 0 Å². The Kier molecular flexibility index (Phi) is 8.79. The molecule has 0 spiro atoms. The summed E-state index contributed by atoms with van der Waals surface area (Å²) in [4.78, 5) is 14.1. The third-order valence-corrected chi connectivity index (χ3v) is 5.22. The molecule has 1 aliphatic heterocycles. The average Bonchev–Trinajstić information content (AvgIpc) is 3.31. The quantitative estimate of drug-likeness (QED) is 0.382. The fourth-order valence-corrected chi connectivity index (χ4v) is 3.57. The smallest absolute Gasteiger partial charge is 0.194 e. The summed E-state index contributed by atoms with van der Waals surface area (Å²) in [6.07, 6.45) is 2.62. The number of thiazole rings is 1. The first-order chi connectivity index (χ1) is 12.3. The van der Waals surface area contributed by atoms with Gasteiger partial charge in [0.1, 0.15) is 6.26 Å². The number of nitrogens with one attached hydrogen (secondary N) is 1. The fourth-order valence-electron chi connectivity index (χ4n) is 2.83. The van der Waals surface area contributed by atoms with Crippen LogP contribution in [0.15, 0.2) is 27.2 Å². The molecule has 0 unspecified atom stereocenters. The van der Waals surface area contributed by atoms with Gasteiger partial charge in [0.25, 0.3) is 0 Å². The lowest BCUT2D eigenvalue weighted by Crippen LogP contribution is -2.52. The van der Waals surface area contributed by atoms with Crippen molar-refractivity contribution < 1.29 is 4.52 Å². The Balaban J connectivity index is 0.00000243. The van der Waals surface area contributed by atoms with E-state index >= 15 is 0 Å². The number of nitrogens with zero attached hydrogens (tertiary/aromatic N) is 5. The number of guanidine groups is 1. The van der Waals surface area contributed by atoms with Gasteiger partial charge in [0, 0.05) is 50.7 Å². The lowest BCUT2D eigenvalue weighted by Gasteiger charge is -2.36. The Morgan fingerprint density at radius 3 is 2.69 bits per heavy atom. The maximum Gasteiger partial charge on any atom is 0.194 e. The second-order valence-corrected chi connectivity index (χ2v) is 6.95. The van der Waals surface area contributed by atoms with Gasteiger partial charge in [0.05, 0.1) is 22.9 Å². The first kappa shape index (κ1) is 21.1. The highest BCUT2D eigenvalue weighted by molar-refractivity contribution is 14.0. The second-order valence-electron chi connectivity index (χ2n) is 6.01. The molecule has 7 nitrogen and oxygen atoms in total. The molecular formula is C17H27IN6OS. The number of piperazine rings is 1. The van der Waals surface area contributed by atoms with Gasteiger partial charge in [-0.15, -0.1) is 35.3 Å². The van der Waals surface area contributed by atoms with Gasteiger partial charge < -0.3 is 14.7 Å². The van der Waals surface area contributed by atoms with Crippen molar-refractivity contribution in [2.24, 2.45) is 4.99 Å². The van der Waals surface area contributed by atoms with Crippen LogP contribution in [0.4, 0.5) is 0 Å². The van der Waals surface area contributed by atoms with Crippen molar-refractivity contribution >= 4 is 41.3 Å². The molecule has 2 aromatic rings. The normalized spacial score (nSPS) is 15.8. The Morgan fingerprint density at radius 1 is 1.27 bits per heavy atom. The van der Waals surface area contributed by atoms with Crippen LogP contribution in [-0.2, 0) is 19.5 Å². The third-order valence-electron chi connectivity index (χ3n) is 4.18. The number of rotatable bonds is 6. The molecular weight excluding hydrogens is 463 g/mol. The summed E-state index contributed by atoms with van der Waals surface area (Å²) in [5, 5.41) is 10.7. The minimum absolute atomic E-state index is 0. The molecule has 1 fully saturated rings. The van der Waals surface area contributed by atoms with E-state index in [1.807, 2.05) is 6.07 Å². The highest BCUT2D eigenvalue weighted by atomic mass is 127. The van der Waals surface area contributed by atoms with E-state index in [2.05, 4.69) is 44.5 Å². The molecule has 0 saturated carbocycles. The first-order valence-electron chi connectivity index (χ1n) is 8.86. The standard InChI is InChI=1S/C17H26N6OS.HI/c1-3-16-20-15(13-25-16)11-19-17(18-4-2)23-8-6-22(7-9-23)12-14-5-10-24-21-14;/h5,10,13H,3-4,6-9,11-12H2,1-2H3,(H,18,19);1H. The van der Waals surface area contributed by atoms with Gasteiger partial charge in [0.2, 0.25) is 0 Å². The summed E-state index contributed by atoms with van der Waals surface area (Å²) in [7, 11) is 0. The van der Waals surface area contributed by atoms with Crippen molar-refractivity contribution in [1.29, 1.82) is 0 Å². The number of hydrogen-bond acceptors (Lipinski definition) is 6. The SMILES string of the molecule is CCNC(=NCc1csc(CC)n1)N1CCN(Cc2ccon2)CC1.I. The van der Waals surface area contributed by atoms with E-state index in [1.54, 1.807) is 17.6 Å². The summed E-state index contributed by atoms with van der Waals surface area (Å²) < 4.78 is 4.91. The summed E-state index contributed by atoms with van der Waals surface area (Å²) in [6, 6.07) is 1.93.